The minimum absolute atomic E-state index is 0.131. The molecule has 9 heteroatoms. The lowest BCUT2D eigenvalue weighted by molar-refractivity contribution is -0.252. The number of pyridine rings is 1. The van der Waals surface area contributed by atoms with Crippen molar-refractivity contribution < 1.29 is 29.9 Å². The minimum Gasteiger partial charge on any atom is -0.497 e. The van der Waals surface area contributed by atoms with Crippen LogP contribution in [-0.4, -0.2) is 63.1 Å². The molecule has 3 rings (SSSR count). The molecule has 4 N–H and O–H groups in total. The van der Waals surface area contributed by atoms with Crippen LogP contribution in [0.4, 0.5) is 0 Å². The van der Waals surface area contributed by atoms with Crippen LogP contribution in [0.15, 0.2) is 30.3 Å². The number of aryl methyl sites for hydroxylation is 1. The van der Waals surface area contributed by atoms with Crippen LogP contribution < -0.4 is 4.74 Å². The van der Waals surface area contributed by atoms with Crippen LogP contribution >= 0.6 is 12.2 Å². The first-order valence-corrected chi connectivity index (χ1v) is 9.92. The largest absolute Gasteiger partial charge is 0.497 e. The van der Waals surface area contributed by atoms with Crippen LogP contribution in [0.3, 0.4) is 0 Å². The highest BCUT2D eigenvalue weighted by Crippen LogP contribution is 2.34. The van der Waals surface area contributed by atoms with E-state index in [1.54, 1.807) is 25.3 Å². The zero-order valence-corrected chi connectivity index (χ0v) is 17.4. The van der Waals surface area contributed by atoms with E-state index < -0.39 is 37.3 Å². The minimum atomic E-state index is -1.54. The first kappa shape index (κ1) is 22.4. The zero-order valence-electron chi connectivity index (χ0n) is 16.6. The molecule has 1 fully saturated rings. The van der Waals surface area contributed by atoms with Crippen LogP contribution in [0.1, 0.15) is 24.4 Å². The Labute approximate surface area is 179 Å². The second-order valence-electron chi connectivity index (χ2n) is 7.01. The molecule has 30 heavy (non-hydrogen) atoms. The predicted molar refractivity (Wildman–Crippen MR) is 110 cm³/mol. The molecule has 5 unspecified atom stereocenters. The number of aromatic nitrogens is 1. The molecule has 2 heterocycles. The van der Waals surface area contributed by atoms with Crippen molar-refractivity contribution in [2.45, 2.75) is 44.0 Å². The maximum atomic E-state index is 10.5. The lowest BCUT2D eigenvalue weighted by Crippen LogP contribution is -2.56. The van der Waals surface area contributed by atoms with Crippen molar-refractivity contribution in [1.29, 1.82) is 5.26 Å². The van der Waals surface area contributed by atoms with Gasteiger partial charge in [-0.1, -0.05) is 31.3 Å². The zero-order chi connectivity index (χ0) is 22.0. The van der Waals surface area contributed by atoms with Gasteiger partial charge in [-0.25, -0.2) is 0 Å². The van der Waals surface area contributed by atoms with Gasteiger partial charge in [0.25, 0.3) is 0 Å². The topological polar surface area (TPSA) is 128 Å². The maximum absolute atomic E-state index is 10.5. The van der Waals surface area contributed by atoms with Crippen molar-refractivity contribution in [3.8, 4) is 22.9 Å². The van der Waals surface area contributed by atoms with Gasteiger partial charge < -0.3 is 34.5 Å². The lowest BCUT2D eigenvalue weighted by atomic mass is 9.96. The molecule has 1 aliphatic heterocycles. The molecule has 2 aromatic rings. The number of methoxy groups -OCH3 is 1. The van der Waals surface area contributed by atoms with E-state index >= 15 is 0 Å². The highest BCUT2D eigenvalue weighted by atomic mass is 32.1. The Morgan fingerprint density at radius 3 is 2.37 bits per heavy atom. The molecule has 1 saturated heterocycles. The van der Waals surface area contributed by atoms with Crippen LogP contribution in [0.5, 0.6) is 5.75 Å². The summed E-state index contributed by atoms with van der Waals surface area (Å²) in [4.78, 5) is 0. The number of nitriles is 1. The Kier molecular flexibility index (Phi) is 6.88. The van der Waals surface area contributed by atoms with Gasteiger partial charge in [-0.05, 0) is 30.2 Å². The summed E-state index contributed by atoms with van der Waals surface area (Å²) in [6.07, 6.45) is -6.27. The molecule has 0 bridgehead atoms. The fraction of sp³-hybridized carbons (Fsp3) is 0.429. The summed E-state index contributed by atoms with van der Waals surface area (Å²) < 4.78 is 12.5. The molecule has 1 aromatic heterocycles. The molecular weight excluding hydrogens is 408 g/mol. The van der Waals surface area contributed by atoms with E-state index in [2.05, 4.69) is 6.07 Å². The number of aliphatic hydroxyl groups excluding tert-OH is 4. The number of hydrogen-bond acceptors (Lipinski definition) is 8. The summed E-state index contributed by atoms with van der Waals surface area (Å²) in [6, 6.07) is 11.1. The third-order valence-corrected chi connectivity index (χ3v) is 5.72. The SMILES string of the molecule is CCc1cc(-c2ccc(OC)cc2)c(C#N)c(=S)n1C1OC(CO)C(O)C(O)C1O. The van der Waals surface area contributed by atoms with Gasteiger partial charge in [0.15, 0.2) is 6.23 Å². The van der Waals surface area contributed by atoms with Gasteiger partial charge in [0.05, 0.1) is 19.3 Å². The lowest BCUT2D eigenvalue weighted by Gasteiger charge is -2.41. The molecule has 1 aromatic carbocycles. The fourth-order valence-corrected chi connectivity index (χ4v) is 4.00. The first-order chi connectivity index (χ1) is 14.4. The third-order valence-electron chi connectivity index (χ3n) is 5.32. The molecule has 0 saturated carbocycles. The van der Waals surface area contributed by atoms with Gasteiger partial charge in [-0.2, -0.15) is 5.26 Å². The molecule has 0 amide bonds. The summed E-state index contributed by atoms with van der Waals surface area (Å²) in [6.45, 7) is 1.33. The fourth-order valence-electron chi connectivity index (χ4n) is 3.63. The molecule has 1 aliphatic rings. The summed E-state index contributed by atoms with van der Waals surface area (Å²) in [5.41, 5.74) is 2.27. The van der Waals surface area contributed by atoms with E-state index in [0.717, 1.165) is 5.56 Å². The van der Waals surface area contributed by atoms with Crippen molar-refractivity contribution in [3.63, 3.8) is 0 Å². The molecular formula is C21H24N2O6S. The van der Waals surface area contributed by atoms with Crippen LogP contribution in [-0.2, 0) is 11.2 Å². The van der Waals surface area contributed by atoms with Crippen LogP contribution in [0.2, 0.25) is 0 Å². The van der Waals surface area contributed by atoms with Gasteiger partial charge in [-0.15, -0.1) is 0 Å². The molecule has 5 atom stereocenters. The molecule has 0 radical (unpaired) electrons. The van der Waals surface area contributed by atoms with E-state index in [1.165, 1.54) is 4.57 Å². The summed E-state index contributed by atoms with van der Waals surface area (Å²) >= 11 is 5.58. The van der Waals surface area contributed by atoms with E-state index in [1.807, 2.05) is 19.1 Å². The number of nitrogens with zero attached hydrogens (tertiary/aromatic N) is 2. The van der Waals surface area contributed by atoms with Gasteiger partial charge >= 0.3 is 0 Å². The van der Waals surface area contributed by atoms with Crippen molar-refractivity contribution >= 4 is 12.2 Å². The summed E-state index contributed by atoms with van der Waals surface area (Å²) in [5, 5.41) is 50.1. The number of ether oxygens (including phenoxy) is 2. The number of aliphatic hydroxyl groups is 4. The standard InChI is InChI=1S/C21H24N2O6S/c1-3-12-8-14(11-4-6-13(28-2)7-5-11)15(9-22)21(30)23(12)20-19(27)18(26)17(25)16(10-24)29-20/h4-8,16-20,24-27H,3,10H2,1-2H3. The number of hydrogen-bond donors (Lipinski definition) is 4. The Balaban J connectivity index is 2.17. The van der Waals surface area contributed by atoms with E-state index in [4.69, 9.17) is 21.7 Å². The molecule has 160 valence electrons. The van der Waals surface area contributed by atoms with Gasteiger partial charge in [-0.3, -0.25) is 0 Å². The Morgan fingerprint density at radius 1 is 1.17 bits per heavy atom. The number of rotatable bonds is 5. The monoisotopic (exact) mass is 432 g/mol. The first-order valence-electron chi connectivity index (χ1n) is 9.51. The van der Waals surface area contributed by atoms with Gasteiger partial charge in [0.2, 0.25) is 0 Å². The third kappa shape index (κ3) is 3.86. The average Bonchev–Trinajstić information content (AvgIpc) is 2.77. The quantitative estimate of drug-likeness (QED) is 0.521. The predicted octanol–water partition coefficient (Wildman–Crippen LogP) is 1.30. The Morgan fingerprint density at radius 2 is 1.83 bits per heavy atom. The van der Waals surface area contributed by atoms with Crippen molar-refractivity contribution in [2.75, 3.05) is 13.7 Å². The van der Waals surface area contributed by atoms with Gasteiger partial charge in [0, 0.05) is 11.3 Å². The summed E-state index contributed by atoms with van der Waals surface area (Å²) in [7, 11) is 1.57. The smallest absolute Gasteiger partial charge is 0.164 e. The van der Waals surface area contributed by atoms with E-state index in [0.29, 0.717) is 23.4 Å². The van der Waals surface area contributed by atoms with E-state index in [-0.39, 0.29) is 10.2 Å². The number of benzene rings is 1. The second kappa shape index (κ2) is 9.22. The summed E-state index contributed by atoms with van der Waals surface area (Å²) in [5.74, 6) is 0.680. The van der Waals surface area contributed by atoms with Crippen molar-refractivity contribution in [3.05, 3.63) is 46.2 Å². The maximum Gasteiger partial charge on any atom is 0.164 e. The molecule has 8 nitrogen and oxygen atoms in total. The molecule has 0 aliphatic carbocycles. The molecule has 0 spiro atoms. The normalized spacial score (nSPS) is 26.2. The van der Waals surface area contributed by atoms with E-state index in [9.17, 15) is 25.7 Å². The average molecular weight is 432 g/mol. The Hall–Kier alpha value is -2.32. The van der Waals surface area contributed by atoms with Crippen molar-refractivity contribution in [2.24, 2.45) is 0 Å². The van der Waals surface area contributed by atoms with Crippen LogP contribution in [0.25, 0.3) is 11.1 Å². The highest BCUT2D eigenvalue weighted by Gasteiger charge is 2.44. The highest BCUT2D eigenvalue weighted by molar-refractivity contribution is 7.71. The van der Waals surface area contributed by atoms with Crippen LogP contribution in [0, 0.1) is 16.0 Å². The Bertz CT molecular complexity index is 998. The van der Waals surface area contributed by atoms with Gasteiger partial charge in [0.1, 0.15) is 40.9 Å². The second-order valence-corrected chi connectivity index (χ2v) is 7.40. The van der Waals surface area contributed by atoms with Crippen molar-refractivity contribution in [1.82, 2.24) is 4.57 Å².